The molecule has 0 bridgehead atoms. The zero-order valence-electron chi connectivity index (χ0n) is 21.4. The number of aliphatic carboxylic acids is 3. The minimum Gasteiger partial charge on any atom is -0.480 e. The van der Waals surface area contributed by atoms with E-state index in [-0.39, 0.29) is 0 Å². The molecule has 2 aliphatic rings. The number of rotatable bonds is 8. The number of nitrogens with zero attached hydrogens (tertiary/aromatic N) is 1. The van der Waals surface area contributed by atoms with Crippen LogP contribution in [-0.2, 0) is 14.4 Å². The van der Waals surface area contributed by atoms with Crippen molar-refractivity contribution >= 4 is 17.9 Å². The Morgan fingerprint density at radius 3 is 1.18 bits per heavy atom. The average molecular weight is 470 g/mol. The van der Waals surface area contributed by atoms with E-state index < -0.39 is 70.5 Å². The summed E-state index contributed by atoms with van der Waals surface area (Å²) in [4.78, 5) is 38.4. The predicted octanol–water partition coefficient (Wildman–Crippen LogP) is 2.39. The first-order chi connectivity index (χ1) is 14.7. The first-order valence-electron chi connectivity index (χ1n) is 11.7. The lowest BCUT2D eigenvalue weighted by Gasteiger charge is -2.59. The molecule has 2 saturated heterocycles. The second kappa shape index (κ2) is 8.82. The van der Waals surface area contributed by atoms with Crippen molar-refractivity contribution in [2.24, 2.45) is 11.8 Å². The zero-order valence-corrected chi connectivity index (χ0v) is 21.4. The van der Waals surface area contributed by atoms with E-state index in [0.717, 1.165) is 0 Å². The summed E-state index contributed by atoms with van der Waals surface area (Å²) in [5, 5.41) is 37.5. The van der Waals surface area contributed by atoms with E-state index in [9.17, 15) is 29.7 Å². The summed E-state index contributed by atoms with van der Waals surface area (Å²) in [5.74, 6) is -4.50. The largest absolute Gasteiger partial charge is 0.480 e. The van der Waals surface area contributed by atoms with Gasteiger partial charge >= 0.3 is 17.9 Å². The van der Waals surface area contributed by atoms with Gasteiger partial charge in [-0.15, -0.1) is 0 Å². The second-order valence-corrected chi connectivity index (χ2v) is 12.8. The Hall–Kier alpha value is -1.71. The quantitative estimate of drug-likeness (QED) is 0.362. The number of nitrogens with one attached hydrogen (secondary N) is 2. The maximum atomic E-state index is 13.4. The van der Waals surface area contributed by atoms with Crippen molar-refractivity contribution in [2.45, 2.75) is 109 Å². The van der Waals surface area contributed by atoms with E-state index in [1.807, 2.05) is 55.4 Å². The Morgan fingerprint density at radius 2 is 0.970 bits per heavy atom. The van der Waals surface area contributed by atoms with Gasteiger partial charge in [0.25, 0.3) is 0 Å². The Labute approximate surface area is 197 Å². The minimum atomic E-state index is -1.65. The molecule has 2 rings (SSSR count). The second-order valence-electron chi connectivity index (χ2n) is 12.8. The van der Waals surface area contributed by atoms with Crippen molar-refractivity contribution in [3.05, 3.63) is 0 Å². The molecule has 2 fully saturated rings. The van der Waals surface area contributed by atoms with Crippen molar-refractivity contribution in [3.8, 4) is 0 Å². The summed E-state index contributed by atoms with van der Waals surface area (Å²) < 4.78 is 0. The molecule has 0 saturated carbocycles. The number of carboxylic acid groups (broad SMARTS) is 3. The molecule has 9 heteroatoms. The molecule has 0 aromatic rings. The van der Waals surface area contributed by atoms with Crippen LogP contribution >= 0.6 is 0 Å². The van der Waals surface area contributed by atoms with E-state index in [2.05, 4.69) is 10.6 Å². The topological polar surface area (TPSA) is 139 Å². The first-order valence-corrected chi connectivity index (χ1v) is 11.7. The highest BCUT2D eigenvalue weighted by Gasteiger charge is 2.62. The van der Waals surface area contributed by atoms with Crippen LogP contribution in [-0.4, -0.2) is 78.9 Å². The van der Waals surface area contributed by atoms with Crippen LogP contribution in [0.4, 0.5) is 0 Å². The van der Waals surface area contributed by atoms with Gasteiger partial charge in [0.1, 0.15) is 5.54 Å². The van der Waals surface area contributed by atoms with Gasteiger partial charge in [-0.1, -0.05) is 0 Å². The SMILES string of the molecule is CC1(C)CC(C(C(=O)O)(C2CC(C)(C)NC(C)(C)C2)N(CC(=O)O)CC(=O)O)CC(C)(C)N1. The van der Waals surface area contributed by atoms with Gasteiger partial charge in [-0.05, 0) is 92.9 Å². The molecular formula is C24H43N3O6. The molecule has 0 amide bonds. The van der Waals surface area contributed by atoms with Gasteiger partial charge in [0.2, 0.25) is 0 Å². The maximum Gasteiger partial charge on any atom is 0.324 e. The number of carboxylic acids is 3. The number of hydrogen-bond acceptors (Lipinski definition) is 6. The third-order valence-corrected chi connectivity index (χ3v) is 7.14. The van der Waals surface area contributed by atoms with Crippen molar-refractivity contribution < 1.29 is 29.7 Å². The molecule has 5 N–H and O–H groups in total. The standard InChI is InChI=1S/C24H43N3O6/c1-20(2)9-15(10-21(3,4)25-20)24(19(32)33,27(13-17(28)29)14-18(30)31)16-11-22(5,6)26-23(7,8)12-16/h15-16,25-26H,9-14H2,1-8H3,(H,28,29)(H,30,31)(H,32,33). The third-order valence-electron chi connectivity index (χ3n) is 7.14. The summed E-state index contributed by atoms with van der Waals surface area (Å²) >= 11 is 0. The molecule has 9 nitrogen and oxygen atoms in total. The van der Waals surface area contributed by atoms with Crippen LogP contribution in [0.3, 0.4) is 0 Å². The van der Waals surface area contributed by atoms with Crippen LogP contribution in [0, 0.1) is 11.8 Å². The summed E-state index contributed by atoms with van der Waals surface area (Å²) in [6.45, 7) is 14.8. The first kappa shape index (κ1) is 27.5. The molecule has 0 spiro atoms. The predicted molar refractivity (Wildman–Crippen MR) is 125 cm³/mol. The molecule has 0 radical (unpaired) electrons. The van der Waals surface area contributed by atoms with Crippen LogP contribution < -0.4 is 10.6 Å². The highest BCUT2D eigenvalue weighted by atomic mass is 16.4. The van der Waals surface area contributed by atoms with E-state index in [4.69, 9.17) is 0 Å². The lowest BCUT2D eigenvalue weighted by atomic mass is 9.57. The van der Waals surface area contributed by atoms with Crippen LogP contribution in [0.2, 0.25) is 0 Å². The summed E-state index contributed by atoms with van der Waals surface area (Å²) in [6.07, 6.45) is 1.96. The van der Waals surface area contributed by atoms with Gasteiger partial charge in [-0.2, -0.15) is 0 Å². The maximum absolute atomic E-state index is 13.4. The van der Waals surface area contributed by atoms with Crippen molar-refractivity contribution in [2.75, 3.05) is 13.1 Å². The van der Waals surface area contributed by atoms with Crippen LogP contribution in [0.15, 0.2) is 0 Å². The molecule has 2 aliphatic heterocycles. The van der Waals surface area contributed by atoms with Crippen LogP contribution in [0.25, 0.3) is 0 Å². The Balaban J connectivity index is 2.80. The normalized spacial score (nSPS) is 25.0. The molecule has 0 aliphatic carbocycles. The number of carbonyl (C=O) groups is 3. The molecular weight excluding hydrogens is 426 g/mol. The molecule has 190 valence electrons. The summed E-state index contributed by atoms with van der Waals surface area (Å²) in [7, 11) is 0. The zero-order chi connectivity index (χ0) is 25.6. The minimum absolute atomic E-state index is 0.400. The molecule has 0 aromatic heterocycles. The highest BCUT2D eigenvalue weighted by molar-refractivity contribution is 5.83. The fourth-order valence-corrected chi connectivity index (χ4v) is 7.25. The monoisotopic (exact) mass is 469 g/mol. The molecule has 0 unspecified atom stereocenters. The summed E-state index contributed by atoms with van der Waals surface area (Å²) in [5.41, 5.74) is -3.25. The van der Waals surface area contributed by atoms with Crippen LogP contribution in [0.1, 0.15) is 81.1 Å². The van der Waals surface area contributed by atoms with E-state index in [1.54, 1.807) is 0 Å². The van der Waals surface area contributed by atoms with Gasteiger partial charge in [0.15, 0.2) is 0 Å². The molecule has 0 atom stereocenters. The van der Waals surface area contributed by atoms with Gasteiger partial charge in [-0.25, -0.2) is 0 Å². The molecule has 33 heavy (non-hydrogen) atoms. The number of piperidine rings is 2. The van der Waals surface area contributed by atoms with Gasteiger partial charge < -0.3 is 26.0 Å². The summed E-state index contributed by atoms with van der Waals surface area (Å²) in [6, 6.07) is 0. The van der Waals surface area contributed by atoms with E-state index in [1.165, 1.54) is 4.90 Å². The fraction of sp³-hybridized carbons (Fsp3) is 0.875. The molecule has 0 aromatic carbocycles. The van der Waals surface area contributed by atoms with Crippen molar-refractivity contribution in [1.82, 2.24) is 15.5 Å². The van der Waals surface area contributed by atoms with Crippen LogP contribution in [0.5, 0.6) is 0 Å². The van der Waals surface area contributed by atoms with E-state index in [0.29, 0.717) is 25.7 Å². The van der Waals surface area contributed by atoms with Crippen molar-refractivity contribution in [3.63, 3.8) is 0 Å². The fourth-order valence-electron chi connectivity index (χ4n) is 7.25. The average Bonchev–Trinajstić information content (AvgIpc) is 2.47. The van der Waals surface area contributed by atoms with Crippen molar-refractivity contribution in [1.29, 1.82) is 0 Å². The lowest BCUT2D eigenvalue weighted by Crippen LogP contribution is -2.73. The smallest absolute Gasteiger partial charge is 0.324 e. The Bertz CT molecular complexity index is 703. The Kier molecular flexibility index (Phi) is 7.36. The van der Waals surface area contributed by atoms with Gasteiger partial charge in [-0.3, -0.25) is 19.3 Å². The van der Waals surface area contributed by atoms with E-state index >= 15 is 0 Å². The Morgan fingerprint density at radius 1 is 0.697 bits per heavy atom. The lowest BCUT2D eigenvalue weighted by molar-refractivity contribution is -0.175. The van der Waals surface area contributed by atoms with Gasteiger partial charge in [0, 0.05) is 22.2 Å². The highest BCUT2D eigenvalue weighted by Crippen LogP contribution is 2.50. The third kappa shape index (κ3) is 6.25. The van der Waals surface area contributed by atoms with Gasteiger partial charge in [0.05, 0.1) is 13.1 Å². The number of hydrogen-bond donors (Lipinski definition) is 5. The molecule has 2 heterocycles.